The zero-order chi connectivity index (χ0) is 14.7. The fourth-order valence-corrected chi connectivity index (χ4v) is 2.68. The smallest absolute Gasteiger partial charge is 0.241 e. The number of nitrogens with zero attached hydrogens (tertiary/aromatic N) is 1. The number of rotatable bonds is 4. The van der Waals surface area contributed by atoms with Gasteiger partial charge in [0.1, 0.15) is 0 Å². The molecule has 20 heavy (non-hydrogen) atoms. The summed E-state index contributed by atoms with van der Waals surface area (Å²) in [6, 6.07) is 7.62. The molecule has 4 heteroatoms. The van der Waals surface area contributed by atoms with Gasteiger partial charge in [-0.15, -0.1) is 0 Å². The molecule has 0 bridgehead atoms. The van der Waals surface area contributed by atoms with E-state index in [2.05, 4.69) is 10.2 Å². The SMILES string of the molecule is Cc1ccccc1NC(=O)C(C)N1CCC(C(C)O)C1. The first kappa shape index (κ1) is 15.0. The fourth-order valence-electron chi connectivity index (χ4n) is 2.68. The van der Waals surface area contributed by atoms with Gasteiger partial charge in [-0.1, -0.05) is 18.2 Å². The second-order valence-electron chi connectivity index (χ2n) is 5.76. The van der Waals surface area contributed by atoms with Crippen LogP contribution < -0.4 is 5.32 Å². The molecule has 1 aliphatic heterocycles. The van der Waals surface area contributed by atoms with E-state index in [1.165, 1.54) is 0 Å². The Bertz CT molecular complexity index is 473. The molecule has 2 N–H and O–H groups in total. The average Bonchev–Trinajstić information content (AvgIpc) is 2.90. The molecule has 3 atom stereocenters. The lowest BCUT2D eigenvalue weighted by molar-refractivity contribution is -0.120. The number of nitrogens with one attached hydrogen (secondary N) is 1. The Balaban J connectivity index is 1.95. The Hall–Kier alpha value is -1.39. The van der Waals surface area contributed by atoms with Crippen molar-refractivity contribution >= 4 is 11.6 Å². The highest BCUT2D eigenvalue weighted by atomic mass is 16.3. The van der Waals surface area contributed by atoms with Crippen LogP contribution in [-0.2, 0) is 4.79 Å². The summed E-state index contributed by atoms with van der Waals surface area (Å²) >= 11 is 0. The third-order valence-corrected chi connectivity index (χ3v) is 4.27. The molecule has 1 aromatic carbocycles. The monoisotopic (exact) mass is 276 g/mol. The zero-order valence-corrected chi connectivity index (χ0v) is 12.5. The molecule has 0 saturated carbocycles. The van der Waals surface area contributed by atoms with Gasteiger partial charge in [-0.05, 0) is 51.3 Å². The van der Waals surface area contributed by atoms with Crippen LogP contribution in [0.25, 0.3) is 0 Å². The topological polar surface area (TPSA) is 52.6 Å². The molecule has 4 nitrogen and oxygen atoms in total. The lowest BCUT2D eigenvalue weighted by atomic mass is 10.0. The van der Waals surface area contributed by atoms with E-state index >= 15 is 0 Å². The number of aryl methyl sites for hydroxylation is 1. The van der Waals surface area contributed by atoms with Gasteiger partial charge in [0.15, 0.2) is 0 Å². The van der Waals surface area contributed by atoms with Crippen LogP contribution in [0.15, 0.2) is 24.3 Å². The number of likely N-dealkylation sites (tertiary alicyclic amines) is 1. The Kier molecular flexibility index (Phi) is 4.78. The molecule has 0 aromatic heterocycles. The van der Waals surface area contributed by atoms with E-state index in [-0.39, 0.29) is 24.0 Å². The summed E-state index contributed by atoms with van der Waals surface area (Å²) in [5, 5.41) is 12.6. The van der Waals surface area contributed by atoms with Gasteiger partial charge in [-0.2, -0.15) is 0 Å². The number of amides is 1. The number of carbonyl (C=O) groups is 1. The van der Waals surface area contributed by atoms with Crippen LogP contribution in [0.4, 0.5) is 5.69 Å². The van der Waals surface area contributed by atoms with Crippen LogP contribution in [0.1, 0.15) is 25.8 Å². The van der Waals surface area contributed by atoms with Crippen molar-refractivity contribution in [3.8, 4) is 0 Å². The first-order chi connectivity index (χ1) is 9.49. The third-order valence-electron chi connectivity index (χ3n) is 4.27. The lowest BCUT2D eigenvalue weighted by Gasteiger charge is -2.24. The molecule has 1 amide bonds. The highest BCUT2D eigenvalue weighted by Gasteiger charge is 2.31. The minimum absolute atomic E-state index is 0.0190. The number of hydrogen-bond acceptors (Lipinski definition) is 3. The van der Waals surface area contributed by atoms with Crippen LogP contribution in [0.2, 0.25) is 0 Å². The Morgan fingerprint density at radius 1 is 1.40 bits per heavy atom. The van der Waals surface area contributed by atoms with E-state index in [4.69, 9.17) is 0 Å². The van der Waals surface area contributed by atoms with E-state index in [1.54, 1.807) is 0 Å². The summed E-state index contributed by atoms with van der Waals surface area (Å²) in [5.41, 5.74) is 1.94. The van der Waals surface area contributed by atoms with E-state index in [0.717, 1.165) is 30.8 Å². The van der Waals surface area contributed by atoms with Crippen molar-refractivity contribution in [3.63, 3.8) is 0 Å². The van der Waals surface area contributed by atoms with Crippen LogP contribution in [0.3, 0.4) is 0 Å². The van der Waals surface area contributed by atoms with Crippen molar-refractivity contribution in [1.82, 2.24) is 4.90 Å². The molecule has 1 fully saturated rings. The summed E-state index contributed by atoms with van der Waals surface area (Å²) in [5.74, 6) is 0.300. The molecule has 1 aromatic rings. The van der Waals surface area contributed by atoms with Crippen LogP contribution in [0.5, 0.6) is 0 Å². The summed E-state index contributed by atoms with van der Waals surface area (Å²) in [6.07, 6.45) is 0.659. The van der Waals surface area contributed by atoms with Crippen LogP contribution >= 0.6 is 0 Å². The molecule has 0 spiro atoms. The van der Waals surface area contributed by atoms with Crippen molar-refractivity contribution in [2.75, 3.05) is 18.4 Å². The molecule has 3 unspecified atom stereocenters. The number of aliphatic hydroxyl groups excluding tert-OH is 1. The maximum atomic E-state index is 12.3. The van der Waals surface area contributed by atoms with Gasteiger partial charge in [-0.25, -0.2) is 0 Å². The summed E-state index contributed by atoms with van der Waals surface area (Å²) in [4.78, 5) is 14.5. The highest BCUT2D eigenvalue weighted by Crippen LogP contribution is 2.22. The van der Waals surface area contributed by atoms with Crippen molar-refractivity contribution in [2.24, 2.45) is 5.92 Å². The Morgan fingerprint density at radius 3 is 2.70 bits per heavy atom. The standard InChI is InChI=1S/C16H24N2O2/c1-11-6-4-5-7-15(11)17-16(20)12(2)18-9-8-14(10-18)13(3)19/h4-7,12-14,19H,8-10H2,1-3H3,(H,17,20). The largest absolute Gasteiger partial charge is 0.393 e. The zero-order valence-electron chi connectivity index (χ0n) is 12.5. The lowest BCUT2D eigenvalue weighted by Crippen LogP contribution is -2.41. The molecule has 1 heterocycles. The van der Waals surface area contributed by atoms with Gasteiger partial charge >= 0.3 is 0 Å². The number of anilines is 1. The van der Waals surface area contributed by atoms with Gasteiger partial charge in [0.2, 0.25) is 5.91 Å². The third kappa shape index (κ3) is 3.38. The number of hydrogen-bond donors (Lipinski definition) is 2. The Labute approximate surface area is 120 Å². The number of benzene rings is 1. The van der Waals surface area contributed by atoms with Crippen molar-refractivity contribution in [1.29, 1.82) is 0 Å². The van der Waals surface area contributed by atoms with Crippen molar-refractivity contribution in [3.05, 3.63) is 29.8 Å². The maximum absolute atomic E-state index is 12.3. The number of para-hydroxylation sites is 1. The Morgan fingerprint density at radius 2 is 2.10 bits per heavy atom. The molecule has 1 aliphatic rings. The van der Waals surface area contributed by atoms with Crippen LogP contribution in [-0.4, -0.2) is 41.1 Å². The van der Waals surface area contributed by atoms with Gasteiger partial charge in [0, 0.05) is 12.2 Å². The molecule has 1 saturated heterocycles. The number of aliphatic hydroxyl groups is 1. The van der Waals surface area contributed by atoms with E-state index in [1.807, 2.05) is 45.0 Å². The molecule has 2 rings (SSSR count). The second kappa shape index (κ2) is 6.37. The highest BCUT2D eigenvalue weighted by molar-refractivity contribution is 5.95. The van der Waals surface area contributed by atoms with E-state index in [0.29, 0.717) is 0 Å². The van der Waals surface area contributed by atoms with E-state index < -0.39 is 0 Å². The molecule has 0 aliphatic carbocycles. The molecular weight excluding hydrogens is 252 g/mol. The van der Waals surface area contributed by atoms with Crippen molar-refractivity contribution in [2.45, 2.75) is 39.3 Å². The first-order valence-electron chi connectivity index (χ1n) is 7.27. The van der Waals surface area contributed by atoms with Crippen molar-refractivity contribution < 1.29 is 9.90 Å². The molecular formula is C16H24N2O2. The predicted octanol–water partition coefficient (Wildman–Crippen LogP) is 2.02. The fraction of sp³-hybridized carbons (Fsp3) is 0.562. The average molecular weight is 276 g/mol. The van der Waals surface area contributed by atoms with E-state index in [9.17, 15) is 9.90 Å². The van der Waals surface area contributed by atoms with Gasteiger partial charge in [0.25, 0.3) is 0 Å². The summed E-state index contributed by atoms with van der Waals surface area (Å²) < 4.78 is 0. The quantitative estimate of drug-likeness (QED) is 0.884. The molecule has 110 valence electrons. The predicted molar refractivity (Wildman–Crippen MR) is 80.6 cm³/mol. The minimum atomic E-state index is -0.299. The van der Waals surface area contributed by atoms with Gasteiger partial charge in [-0.3, -0.25) is 9.69 Å². The maximum Gasteiger partial charge on any atom is 0.241 e. The molecule has 0 radical (unpaired) electrons. The second-order valence-corrected chi connectivity index (χ2v) is 5.76. The summed E-state index contributed by atoms with van der Waals surface area (Å²) in [7, 11) is 0. The van der Waals surface area contributed by atoms with Gasteiger partial charge < -0.3 is 10.4 Å². The van der Waals surface area contributed by atoms with Gasteiger partial charge in [0.05, 0.1) is 12.1 Å². The minimum Gasteiger partial charge on any atom is -0.393 e. The normalized spacial score (nSPS) is 22.5. The number of carbonyl (C=O) groups excluding carboxylic acids is 1. The van der Waals surface area contributed by atoms with Crippen LogP contribution in [0, 0.1) is 12.8 Å². The summed E-state index contributed by atoms with van der Waals surface area (Å²) in [6.45, 7) is 7.40. The first-order valence-corrected chi connectivity index (χ1v) is 7.27.